The second kappa shape index (κ2) is 5.47. The Morgan fingerprint density at radius 3 is 1.32 bits per heavy atom. The number of hydrogen-bond donors (Lipinski definition) is 0. The highest BCUT2D eigenvalue weighted by atomic mass is 19.2. The van der Waals surface area contributed by atoms with Crippen molar-refractivity contribution in [3.63, 3.8) is 0 Å². The zero-order valence-corrected chi connectivity index (χ0v) is 10.1. The third kappa shape index (κ3) is 2.15. The first kappa shape index (κ1) is 16.6. The van der Waals surface area contributed by atoms with E-state index in [1.54, 1.807) is 0 Å². The standard InChI is InChI=1S/C12H4F10/c13-3-1(4(14)8(18)11(21)7(3)17)2-5(15)9(19)12(22)10(20)6(2)16/h1,3-4,7H. The molecule has 0 radical (unpaired) electrons. The number of benzene rings is 1. The van der Waals surface area contributed by atoms with Crippen LogP contribution in [0.25, 0.3) is 0 Å². The highest BCUT2D eigenvalue weighted by Crippen LogP contribution is 2.45. The molecule has 0 saturated carbocycles. The molecule has 1 aromatic rings. The second-order valence-electron chi connectivity index (χ2n) is 4.45. The number of rotatable bonds is 1. The lowest BCUT2D eigenvalue weighted by molar-refractivity contribution is 0.0752. The predicted octanol–water partition coefficient (Wildman–Crippen LogP) is 4.64. The van der Waals surface area contributed by atoms with Crippen molar-refractivity contribution in [1.82, 2.24) is 0 Å². The van der Waals surface area contributed by atoms with Crippen LogP contribution in [-0.4, -0.2) is 18.5 Å². The average molecular weight is 338 g/mol. The highest BCUT2D eigenvalue weighted by Gasteiger charge is 2.51. The SMILES string of the molecule is FC1=C(F)C(F)C(c2c(F)c(F)c(F)c(F)c2F)C(F)C1F. The molecule has 4 unspecified atom stereocenters. The van der Waals surface area contributed by atoms with Crippen LogP contribution >= 0.6 is 0 Å². The zero-order chi connectivity index (χ0) is 16.9. The van der Waals surface area contributed by atoms with E-state index in [9.17, 15) is 43.9 Å². The molecule has 0 fully saturated rings. The molecule has 0 aromatic heterocycles. The van der Waals surface area contributed by atoms with Gasteiger partial charge in [0, 0.05) is 5.56 Å². The molecule has 22 heavy (non-hydrogen) atoms. The summed E-state index contributed by atoms with van der Waals surface area (Å²) in [5, 5.41) is 0. The smallest absolute Gasteiger partial charge is 0.200 e. The molecule has 1 aliphatic rings. The summed E-state index contributed by atoms with van der Waals surface area (Å²) in [5.74, 6) is -21.0. The van der Waals surface area contributed by atoms with E-state index in [4.69, 9.17) is 0 Å². The monoisotopic (exact) mass is 338 g/mol. The minimum Gasteiger partial charge on any atom is -0.243 e. The summed E-state index contributed by atoms with van der Waals surface area (Å²) in [5.41, 5.74) is -2.08. The molecule has 1 aromatic carbocycles. The number of allylic oxidation sites excluding steroid dienone is 2. The van der Waals surface area contributed by atoms with Crippen molar-refractivity contribution >= 4 is 0 Å². The van der Waals surface area contributed by atoms with Crippen LogP contribution in [0, 0.1) is 29.1 Å². The second-order valence-corrected chi connectivity index (χ2v) is 4.45. The molecule has 0 N–H and O–H groups in total. The lowest BCUT2D eigenvalue weighted by atomic mass is 9.82. The first-order chi connectivity index (χ1) is 10.1. The van der Waals surface area contributed by atoms with E-state index in [-0.39, 0.29) is 0 Å². The summed E-state index contributed by atoms with van der Waals surface area (Å²) >= 11 is 0. The van der Waals surface area contributed by atoms with Crippen molar-refractivity contribution in [1.29, 1.82) is 0 Å². The maximum Gasteiger partial charge on any atom is 0.200 e. The molecule has 0 nitrogen and oxygen atoms in total. The molecular formula is C12H4F10. The minimum absolute atomic E-state index is 2.08. The lowest BCUT2D eigenvalue weighted by Crippen LogP contribution is -2.39. The van der Waals surface area contributed by atoms with Crippen molar-refractivity contribution < 1.29 is 43.9 Å². The van der Waals surface area contributed by atoms with Crippen molar-refractivity contribution in [2.24, 2.45) is 0 Å². The molecule has 122 valence electrons. The maximum absolute atomic E-state index is 13.6. The maximum atomic E-state index is 13.6. The Morgan fingerprint density at radius 2 is 0.864 bits per heavy atom. The molecule has 1 aliphatic carbocycles. The molecule has 10 heteroatoms. The van der Waals surface area contributed by atoms with Gasteiger partial charge in [0.05, 0.1) is 5.92 Å². The summed E-state index contributed by atoms with van der Waals surface area (Å²) in [7, 11) is 0. The number of alkyl halides is 3. The van der Waals surface area contributed by atoms with Gasteiger partial charge in [0.1, 0.15) is 6.17 Å². The summed E-state index contributed by atoms with van der Waals surface area (Å²) in [6.07, 6.45) is -10.3. The van der Waals surface area contributed by atoms with Crippen LogP contribution in [0.2, 0.25) is 0 Å². The van der Waals surface area contributed by atoms with Gasteiger partial charge in [0.25, 0.3) is 0 Å². The van der Waals surface area contributed by atoms with E-state index in [1.807, 2.05) is 0 Å². The summed E-state index contributed by atoms with van der Waals surface area (Å²) in [6.45, 7) is 0. The highest BCUT2D eigenvalue weighted by molar-refractivity contribution is 5.35. The fraction of sp³-hybridized carbons (Fsp3) is 0.333. The van der Waals surface area contributed by atoms with Crippen LogP contribution in [0.1, 0.15) is 11.5 Å². The molecule has 2 rings (SSSR count). The van der Waals surface area contributed by atoms with Crippen molar-refractivity contribution in [2.75, 3.05) is 0 Å². The Morgan fingerprint density at radius 1 is 0.500 bits per heavy atom. The quantitative estimate of drug-likeness (QED) is 0.397. The summed E-state index contributed by atoms with van der Waals surface area (Å²) in [6, 6.07) is 0. The van der Waals surface area contributed by atoms with Gasteiger partial charge in [-0.2, -0.15) is 0 Å². The van der Waals surface area contributed by atoms with Crippen LogP contribution in [0.15, 0.2) is 11.7 Å². The Hall–Kier alpha value is -1.74. The Labute approximate surface area is 116 Å². The molecular weight excluding hydrogens is 334 g/mol. The predicted molar refractivity (Wildman–Crippen MR) is 52.9 cm³/mol. The van der Waals surface area contributed by atoms with Gasteiger partial charge in [0.15, 0.2) is 47.3 Å². The van der Waals surface area contributed by atoms with Crippen molar-refractivity contribution in [2.45, 2.75) is 24.4 Å². The van der Waals surface area contributed by atoms with Gasteiger partial charge in [-0.3, -0.25) is 0 Å². The van der Waals surface area contributed by atoms with E-state index in [0.717, 1.165) is 0 Å². The van der Waals surface area contributed by atoms with Crippen LogP contribution in [0.5, 0.6) is 0 Å². The van der Waals surface area contributed by atoms with Crippen molar-refractivity contribution in [3.05, 3.63) is 46.3 Å². The molecule has 0 amide bonds. The van der Waals surface area contributed by atoms with Crippen LogP contribution in [-0.2, 0) is 0 Å². The molecule has 0 heterocycles. The van der Waals surface area contributed by atoms with Gasteiger partial charge < -0.3 is 0 Å². The van der Waals surface area contributed by atoms with Gasteiger partial charge in [-0.05, 0) is 0 Å². The number of hydrogen-bond acceptors (Lipinski definition) is 0. The van der Waals surface area contributed by atoms with Crippen LogP contribution < -0.4 is 0 Å². The number of halogens is 10. The first-order valence-corrected chi connectivity index (χ1v) is 5.59. The van der Waals surface area contributed by atoms with E-state index in [2.05, 4.69) is 0 Å². The normalized spacial score (nSPS) is 29.2. The van der Waals surface area contributed by atoms with E-state index in [0.29, 0.717) is 0 Å². The Kier molecular flexibility index (Phi) is 4.14. The topological polar surface area (TPSA) is 0 Å². The third-order valence-electron chi connectivity index (χ3n) is 3.23. The Balaban J connectivity index is 2.72. The fourth-order valence-electron chi connectivity index (χ4n) is 2.12. The van der Waals surface area contributed by atoms with Gasteiger partial charge >= 0.3 is 0 Å². The Bertz CT molecular complexity index is 623. The van der Waals surface area contributed by atoms with Crippen molar-refractivity contribution in [3.8, 4) is 0 Å². The van der Waals surface area contributed by atoms with Gasteiger partial charge in [-0.25, -0.2) is 43.9 Å². The van der Waals surface area contributed by atoms with Gasteiger partial charge in [-0.15, -0.1) is 0 Å². The molecule has 0 bridgehead atoms. The fourth-order valence-corrected chi connectivity index (χ4v) is 2.12. The summed E-state index contributed by atoms with van der Waals surface area (Å²) in [4.78, 5) is 0. The van der Waals surface area contributed by atoms with Gasteiger partial charge in [0.2, 0.25) is 5.82 Å². The third-order valence-corrected chi connectivity index (χ3v) is 3.23. The molecule has 0 spiro atoms. The average Bonchev–Trinajstić information content (AvgIpc) is 2.50. The largest absolute Gasteiger partial charge is 0.243 e. The lowest BCUT2D eigenvalue weighted by Gasteiger charge is -2.30. The molecule has 0 aliphatic heterocycles. The van der Waals surface area contributed by atoms with Gasteiger partial charge in [-0.1, -0.05) is 0 Å². The van der Waals surface area contributed by atoms with Crippen LogP contribution in [0.4, 0.5) is 43.9 Å². The molecule has 4 atom stereocenters. The van der Waals surface area contributed by atoms with E-state index < -0.39 is 70.7 Å². The zero-order valence-electron chi connectivity index (χ0n) is 10.1. The minimum atomic E-state index is -3.45. The molecule has 0 saturated heterocycles. The van der Waals surface area contributed by atoms with E-state index in [1.165, 1.54) is 0 Å². The van der Waals surface area contributed by atoms with E-state index >= 15 is 0 Å². The summed E-state index contributed by atoms with van der Waals surface area (Å²) < 4.78 is 132. The first-order valence-electron chi connectivity index (χ1n) is 5.59. The van der Waals surface area contributed by atoms with Crippen LogP contribution in [0.3, 0.4) is 0 Å².